The number of piperidine rings is 1. The minimum Gasteiger partial charge on any atom is -0.444 e. The topological polar surface area (TPSA) is 75.6 Å². The Hall–Kier alpha value is -2.48. The predicted octanol–water partition coefficient (Wildman–Crippen LogP) is 3.99. The molecule has 0 bridgehead atoms. The van der Waals surface area contributed by atoms with E-state index in [-0.39, 0.29) is 5.91 Å². The van der Waals surface area contributed by atoms with Crippen LogP contribution >= 0.6 is 11.3 Å². The first-order valence-corrected chi connectivity index (χ1v) is 9.89. The van der Waals surface area contributed by atoms with E-state index in [0.717, 1.165) is 12.8 Å². The summed E-state index contributed by atoms with van der Waals surface area (Å²) >= 11 is 1.29. The van der Waals surface area contributed by atoms with Gasteiger partial charge in [-0.3, -0.25) is 14.6 Å². The monoisotopic (exact) mass is 388 g/mol. The van der Waals surface area contributed by atoms with Crippen LogP contribution in [-0.4, -0.2) is 45.3 Å². The van der Waals surface area contributed by atoms with Crippen LogP contribution in [0.3, 0.4) is 0 Å². The fourth-order valence-electron chi connectivity index (χ4n) is 3.05. The molecule has 0 N–H and O–H groups in total. The molecule has 8 heteroatoms. The van der Waals surface area contributed by atoms with Gasteiger partial charge in [0.1, 0.15) is 17.2 Å². The lowest BCUT2D eigenvalue weighted by Gasteiger charge is -2.37. The molecule has 1 fully saturated rings. The summed E-state index contributed by atoms with van der Waals surface area (Å²) in [7, 11) is 0. The maximum atomic E-state index is 13.5. The molecule has 1 aromatic heterocycles. The second-order valence-corrected chi connectivity index (χ2v) is 8.23. The summed E-state index contributed by atoms with van der Waals surface area (Å²) in [5, 5.41) is 8.43. The van der Waals surface area contributed by atoms with E-state index < -0.39 is 17.7 Å². The highest BCUT2D eigenvalue weighted by Crippen LogP contribution is 2.30. The van der Waals surface area contributed by atoms with Gasteiger partial charge in [-0.05, 0) is 52.2 Å². The minimum atomic E-state index is -0.611. The zero-order valence-corrected chi connectivity index (χ0v) is 16.6. The zero-order valence-electron chi connectivity index (χ0n) is 15.8. The van der Waals surface area contributed by atoms with Gasteiger partial charge in [0.2, 0.25) is 5.13 Å². The van der Waals surface area contributed by atoms with Gasteiger partial charge in [0.05, 0.1) is 5.69 Å². The third-order valence-electron chi connectivity index (χ3n) is 4.19. The van der Waals surface area contributed by atoms with Gasteiger partial charge in [-0.15, -0.1) is 10.2 Å². The van der Waals surface area contributed by atoms with Gasteiger partial charge in [-0.1, -0.05) is 29.5 Å². The number of hydrogen-bond acceptors (Lipinski definition) is 6. The molecule has 2 aromatic rings. The summed E-state index contributed by atoms with van der Waals surface area (Å²) in [4.78, 5) is 29.3. The van der Waals surface area contributed by atoms with Crippen molar-refractivity contribution < 1.29 is 14.3 Å². The Morgan fingerprint density at radius 3 is 2.59 bits per heavy atom. The number of hydrogen-bond donors (Lipinski definition) is 0. The van der Waals surface area contributed by atoms with Crippen molar-refractivity contribution in [3.05, 3.63) is 35.8 Å². The van der Waals surface area contributed by atoms with Gasteiger partial charge in [0.15, 0.2) is 0 Å². The Labute approximate surface area is 163 Å². The van der Waals surface area contributed by atoms with Crippen molar-refractivity contribution in [1.29, 1.82) is 0 Å². The van der Waals surface area contributed by atoms with Crippen molar-refractivity contribution in [2.45, 2.75) is 51.7 Å². The van der Waals surface area contributed by atoms with E-state index in [1.807, 2.05) is 51.1 Å². The molecule has 3 rings (SSSR count). The first-order valence-electron chi connectivity index (χ1n) is 9.01. The van der Waals surface area contributed by atoms with E-state index in [2.05, 4.69) is 10.2 Å². The first-order chi connectivity index (χ1) is 12.9. The quantitative estimate of drug-likeness (QED) is 0.795. The van der Waals surface area contributed by atoms with Crippen molar-refractivity contribution in [1.82, 2.24) is 15.1 Å². The van der Waals surface area contributed by atoms with Crippen LogP contribution in [0.2, 0.25) is 0 Å². The summed E-state index contributed by atoms with van der Waals surface area (Å²) in [5.74, 6) is -0.191. The van der Waals surface area contributed by atoms with Crippen LogP contribution in [0, 0.1) is 0 Å². The summed E-state index contributed by atoms with van der Waals surface area (Å²) in [6, 6.07) is 8.73. The van der Waals surface area contributed by atoms with Crippen molar-refractivity contribution in [2.75, 3.05) is 11.4 Å². The molecule has 0 spiro atoms. The standard InChI is InChI=1S/C19H24N4O3S/c1-19(2,3)26-18(25)22-12-8-7-11-15(22)16(24)23(17-21-20-13-27-17)14-9-5-4-6-10-14/h4-6,9-10,13,15H,7-8,11-12H2,1-3H3. The summed E-state index contributed by atoms with van der Waals surface area (Å²) in [5.41, 5.74) is 1.68. The van der Waals surface area contributed by atoms with Gasteiger partial charge < -0.3 is 4.74 Å². The van der Waals surface area contributed by atoms with Gasteiger partial charge >= 0.3 is 6.09 Å². The van der Waals surface area contributed by atoms with Gasteiger partial charge in [0.25, 0.3) is 5.91 Å². The number of likely N-dealkylation sites (tertiary alicyclic amines) is 1. The van der Waals surface area contributed by atoms with E-state index in [1.165, 1.54) is 11.3 Å². The molecule has 7 nitrogen and oxygen atoms in total. The first kappa shape index (κ1) is 19.3. The molecule has 1 saturated heterocycles. The molecule has 0 saturated carbocycles. The molecule has 27 heavy (non-hydrogen) atoms. The number of ether oxygens (including phenoxy) is 1. The highest BCUT2D eigenvalue weighted by Gasteiger charge is 2.38. The zero-order chi connectivity index (χ0) is 19.4. The molecular weight excluding hydrogens is 364 g/mol. The van der Waals surface area contributed by atoms with E-state index in [1.54, 1.807) is 15.3 Å². The summed E-state index contributed by atoms with van der Waals surface area (Å²) < 4.78 is 5.52. The molecule has 1 aromatic carbocycles. The molecule has 2 heterocycles. The smallest absolute Gasteiger partial charge is 0.410 e. The van der Waals surface area contributed by atoms with Crippen molar-refractivity contribution in [3.63, 3.8) is 0 Å². The number of carbonyl (C=O) groups is 2. The summed E-state index contributed by atoms with van der Waals surface area (Å²) in [6.45, 7) is 5.97. The van der Waals surface area contributed by atoms with Crippen LogP contribution in [0.1, 0.15) is 40.0 Å². The van der Waals surface area contributed by atoms with Crippen LogP contribution in [0.5, 0.6) is 0 Å². The average molecular weight is 388 g/mol. The minimum absolute atomic E-state index is 0.191. The Balaban J connectivity index is 1.90. The van der Waals surface area contributed by atoms with Gasteiger partial charge in [0, 0.05) is 6.54 Å². The Morgan fingerprint density at radius 2 is 1.96 bits per heavy atom. The van der Waals surface area contributed by atoms with E-state index in [0.29, 0.717) is 23.8 Å². The molecule has 0 aliphatic carbocycles. The lowest BCUT2D eigenvalue weighted by Crippen LogP contribution is -2.53. The normalized spacial score (nSPS) is 17.4. The Bertz CT molecular complexity index is 774. The van der Waals surface area contributed by atoms with Crippen molar-refractivity contribution >= 4 is 34.2 Å². The number of rotatable bonds is 3. The fraction of sp³-hybridized carbons (Fsp3) is 0.474. The number of amides is 2. The molecule has 2 amide bonds. The van der Waals surface area contributed by atoms with Crippen LogP contribution in [0.15, 0.2) is 35.8 Å². The predicted molar refractivity (Wildman–Crippen MR) is 104 cm³/mol. The molecule has 1 aliphatic heterocycles. The molecule has 1 unspecified atom stereocenters. The largest absolute Gasteiger partial charge is 0.444 e. The fourth-order valence-corrected chi connectivity index (χ4v) is 3.63. The Morgan fingerprint density at radius 1 is 1.22 bits per heavy atom. The maximum absolute atomic E-state index is 13.5. The lowest BCUT2D eigenvalue weighted by atomic mass is 10.0. The second kappa shape index (κ2) is 8.04. The number of carbonyl (C=O) groups excluding carboxylic acids is 2. The van der Waals surface area contributed by atoms with Crippen LogP contribution in [0.4, 0.5) is 15.6 Å². The third kappa shape index (κ3) is 4.63. The molecule has 144 valence electrons. The molecule has 1 aliphatic rings. The van der Waals surface area contributed by atoms with Crippen molar-refractivity contribution in [3.8, 4) is 0 Å². The van der Waals surface area contributed by atoms with Crippen LogP contribution < -0.4 is 4.90 Å². The van der Waals surface area contributed by atoms with Gasteiger partial charge in [-0.25, -0.2) is 4.79 Å². The lowest BCUT2D eigenvalue weighted by molar-refractivity contribution is -0.124. The van der Waals surface area contributed by atoms with Crippen LogP contribution in [0.25, 0.3) is 0 Å². The SMILES string of the molecule is CC(C)(C)OC(=O)N1CCCCC1C(=O)N(c1ccccc1)c1nncs1. The summed E-state index contributed by atoms with van der Waals surface area (Å²) in [6.07, 6.45) is 1.88. The number of benzene rings is 1. The molecule has 0 radical (unpaired) electrons. The van der Waals surface area contributed by atoms with E-state index in [4.69, 9.17) is 4.74 Å². The molecule has 1 atom stereocenters. The maximum Gasteiger partial charge on any atom is 0.410 e. The highest BCUT2D eigenvalue weighted by atomic mass is 32.1. The number of para-hydroxylation sites is 1. The highest BCUT2D eigenvalue weighted by molar-refractivity contribution is 7.13. The average Bonchev–Trinajstić information content (AvgIpc) is 3.15. The second-order valence-electron chi connectivity index (χ2n) is 7.42. The number of anilines is 2. The number of aromatic nitrogens is 2. The van der Waals surface area contributed by atoms with Crippen LogP contribution in [-0.2, 0) is 9.53 Å². The third-order valence-corrected chi connectivity index (χ3v) is 4.87. The molecular formula is C19H24N4O3S. The Kier molecular flexibility index (Phi) is 5.74. The van der Waals surface area contributed by atoms with Crippen molar-refractivity contribution in [2.24, 2.45) is 0 Å². The van der Waals surface area contributed by atoms with E-state index in [9.17, 15) is 9.59 Å². The number of nitrogens with zero attached hydrogens (tertiary/aromatic N) is 4. The van der Waals surface area contributed by atoms with Gasteiger partial charge in [-0.2, -0.15) is 0 Å². The van der Waals surface area contributed by atoms with E-state index >= 15 is 0 Å².